The summed E-state index contributed by atoms with van der Waals surface area (Å²) in [7, 11) is 1.64. The predicted octanol–water partition coefficient (Wildman–Crippen LogP) is 4.02. The summed E-state index contributed by atoms with van der Waals surface area (Å²) in [5.74, 6) is 1.77. The highest BCUT2D eigenvalue weighted by Gasteiger charge is 2.25. The molecule has 4 aromatic rings. The van der Waals surface area contributed by atoms with Crippen molar-refractivity contribution < 1.29 is 9.53 Å². The van der Waals surface area contributed by atoms with Crippen molar-refractivity contribution in [2.24, 2.45) is 0 Å². The van der Waals surface area contributed by atoms with E-state index in [-0.39, 0.29) is 11.7 Å². The van der Waals surface area contributed by atoms with Gasteiger partial charge in [0.2, 0.25) is 5.91 Å². The third-order valence-corrected chi connectivity index (χ3v) is 6.31. The van der Waals surface area contributed by atoms with Gasteiger partial charge in [0, 0.05) is 35.9 Å². The summed E-state index contributed by atoms with van der Waals surface area (Å²) in [6.07, 6.45) is 4.37. The second kappa shape index (κ2) is 8.84. The Morgan fingerprint density at radius 1 is 1.06 bits per heavy atom. The zero-order chi connectivity index (χ0) is 21.9. The molecule has 0 unspecified atom stereocenters. The molecule has 0 spiro atoms. The van der Waals surface area contributed by atoms with Gasteiger partial charge in [0.05, 0.1) is 12.9 Å². The molecule has 5 rings (SSSR count). The largest absolute Gasteiger partial charge is 0.497 e. The molecule has 0 atom stereocenters. The molecule has 0 N–H and O–H groups in total. The van der Waals surface area contributed by atoms with E-state index in [2.05, 4.69) is 21.2 Å². The van der Waals surface area contributed by atoms with Crippen LogP contribution in [0.25, 0.3) is 17.1 Å². The second-order valence-electron chi connectivity index (χ2n) is 7.29. The van der Waals surface area contributed by atoms with Crippen LogP contribution in [0.4, 0.5) is 5.69 Å². The van der Waals surface area contributed by atoms with Crippen LogP contribution in [0.2, 0.25) is 0 Å². The van der Waals surface area contributed by atoms with E-state index in [1.165, 1.54) is 17.3 Å². The van der Waals surface area contributed by atoms with Crippen molar-refractivity contribution >= 4 is 23.4 Å². The number of ether oxygens (including phenoxy) is 1. The minimum Gasteiger partial charge on any atom is -0.497 e. The number of fused-ring (bicyclic) bond motifs is 1. The number of hydrogen-bond donors (Lipinski definition) is 0. The first-order valence-electron chi connectivity index (χ1n) is 10.3. The minimum atomic E-state index is 0.0622. The highest BCUT2D eigenvalue weighted by atomic mass is 32.2. The number of para-hydroxylation sites is 1. The maximum absolute atomic E-state index is 13.0. The summed E-state index contributed by atoms with van der Waals surface area (Å²) in [5.41, 5.74) is 3.95. The number of thioether (sulfide) groups is 1. The van der Waals surface area contributed by atoms with Crippen molar-refractivity contribution in [3.63, 3.8) is 0 Å². The summed E-state index contributed by atoms with van der Waals surface area (Å²) in [6.45, 7) is 0.713. The number of benzene rings is 2. The normalized spacial score (nSPS) is 12.6. The topological polar surface area (TPSA) is 73.1 Å². The Labute approximate surface area is 190 Å². The summed E-state index contributed by atoms with van der Waals surface area (Å²) >= 11 is 1.38. The zero-order valence-electron chi connectivity index (χ0n) is 17.5. The van der Waals surface area contributed by atoms with Gasteiger partial charge in [-0.3, -0.25) is 14.3 Å². The van der Waals surface area contributed by atoms with Crippen LogP contribution in [0, 0.1) is 0 Å². The predicted molar refractivity (Wildman–Crippen MR) is 124 cm³/mol. The van der Waals surface area contributed by atoms with Crippen LogP contribution < -0.4 is 9.64 Å². The fourth-order valence-electron chi connectivity index (χ4n) is 3.81. The van der Waals surface area contributed by atoms with Crippen LogP contribution in [-0.4, -0.2) is 45.1 Å². The van der Waals surface area contributed by atoms with Crippen LogP contribution in [0.3, 0.4) is 0 Å². The third kappa shape index (κ3) is 3.85. The molecule has 0 saturated carbocycles. The number of carbonyl (C=O) groups is 1. The Bertz CT molecular complexity index is 1240. The van der Waals surface area contributed by atoms with Crippen molar-refractivity contribution in [3.8, 4) is 22.8 Å². The molecule has 7 nitrogen and oxygen atoms in total. The lowest BCUT2D eigenvalue weighted by molar-refractivity contribution is -0.116. The van der Waals surface area contributed by atoms with E-state index in [1.54, 1.807) is 19.5 Å². The first-order valence-corrected chi connectivity index (χ1v) is 11.2. The average molecular weight is 444 g/mol. The van der Waals surface area contributed by atoms with Crippen LogP contribution in [-0.2, 0) is 11.2 Å². The van der Waals surface area contributed by atoms with Gasteiger partial charge in [0.1, 0.15) is 5.75 Å². The molecule has 0 aliphatic carbocycles. The molecule has 3 heterocycles. The lowest BCUT2D eigenvalue weighted by atomic mass is 10.2. The van der Waals surface area contributed by atoms with E-state index in [1.807, 2.05) is 64.1 Å². The van der Waals surface area contributed by atoms with Crippen LogP contribution in [0.15, 0.2) is 78.2 Å². The molecule has 0 fully saturated rings. The number of pyridine rings is 1. The highest BCUT2D eigenvalue weighted by molar-refractivity contribution is 7.99. The van der Waals surface area contributed by atoms with E-state index in [4.69, 9.17) is 4.74 Å². The van der Waals surface area contributed by atoms with Crippen molar-refractivity contribution in [2.45, 2.75) is 11.6 Å². The Hall–Kier alpha value is -3.65. The lowest BCUT2D eigenvalue weighted by Crippen LogP contribution is -2.30. The molecular weight excluding hydrogens is 422 g/mol. The van der Waals surface area contributed by atoms with Crippen LogP contribution in [0.1, 0.15) is 5.56 Å². The van der Waals surface area contributed by atoms with Gasteiger partial charge in [-0.1, -0.05) is 30.0 Å². The van der Waals surface area contributed by atoms with Gasteiger partial charge >= 0.3 is 0 Å². The summed E-state index contributed by atoms with van der Waals surface area (Å²) in [5, 5.41) is 9.46. The van der Waals surface area contributed by atoms with Gasteiger partial charge in [0.25, 0.3) is 0 Å². The van der Waals surface area contributed by atoms with Crippen molar-refractivity contribution in [1.82, 2.24) is 19.7 Å². The number of anilines is 1. The third-order valence-electron chi connectivity index (χ3n) is 5.40. The van der Waals surface area contributed by atoms with Crippen LogP contribution in [0.5, 0.6) is 5.75 Å². The first-order chi connectivity index (χ1) is 15.7. The van der Waals surface area contributed by atoms with Gasteiger partial charge in [-0.25, -0.2) is 0 Å². The maximum atomic E-state index is 13.0. The molecule has 2 aromatic heterocycles. The molecule has 2 aromatic carbocycles. The fourth-order valence-corrected chi connectivity index (χ4v) is 4.64. The molecule has 1 aliphatic rings. The number of nitrogens with zero attached hydrogens (tertiary/aromatic N) is 5. The number of methoxy groups -OCH3 is 1. The number of hydrogen-bond acceptors (Lipinski definition) is 6. The minimum absolute atomic E-state index is 0.0622. The Morgan fingerprint density at radius 3 is 2.69 bits per heavy atom. The van der Waals surface area contributed by atoms with Crippen molar-refractivity contribution in [2.75, 3.05) is 24.3 Å². The summed E-state index contributed by atoms with van der Waals surface area (Å²) < 4.78 is 7.24. The molecule has 0 saturated heterocycles. The average Bonchev–Trinajstić information content (AvgIpc) is 3.48. The molecule has 1 amide bonds. The van der Waals surface area contributed by atoms with E-state index < -0.39 is 0 Å². The van der Waals surface area contributed by atoms with E-state index in [0.717, 1.165) is 29.1 Å². The molecular formula is C24H21N5O2S. The quantitative estimate of drug-likeness (QED) is 0.419. The lowest BCUT2D eigenvalue weighted by Gasteiger charge is -2.17. The van der Waals surface area contributed by atoms with Crippen molar-refractivity contribution in [1.29, 1.82) is 0 Å². The number of aromatic nitrogens is 4. The second-order valence-corrected chi connectivity index (χ2v) is 8.24. The summed E-state index contributed by atoms with van der Waals surface area (Å²) in [4.78, 5) is 19.1. The molecule has 0 bridgehead atoms. The smallest absolute Gasteiger partial charge is 0.237 e. The van der Waals surface area contributed by atoms with E-state index in [9.17, 15) is 4.79 Å². The van der Waals surface area contributed by atoms with E-state index >= 15 is 0 Å². The van der Waals surface area contributed by atoms with Crippen molar-refractivity contribution in [3.05, 3.63) is 78.6 Å². The molecule has 8 heteroatoms. The molecule has 160 valence electrons. The molecule has 32 heavy (non-hydrogen) atoms. The Balaban J connectivity index is 1.44. The van der Waals surface area contributed by atoms with Gasteiger partial charge in [-0.05, 0) is 54.4 Å². The summed E-state index contributed by atoms with van der Waals surface area (Å²) in [6, 6.07) is 19.6. The highest BCUT2D eigenvalue weighted by Crippen LogP contribution is 2.31. The van der Waals surface area contributed by atoms with E-state index in [0.29, 0.717) is 17.5 Å². The maximum Gasteiger partial charge on any atom is 0.237 e. The number of carbonyl (C=O) groups excluding carboxylic acids is 1. The van der Waals surface area contributed by atoms with Gasteiger partial charge in [0.15, 0.2) is 11.0 Å². The van der Waals surface area contributed by atoms with Gasteiger partial charge < -0.3 is 9.64 Å². The zero-order valence-corrected chi connectivity index (χ0v) is 18.3. The first kappa shape index (κ1) is 20.3. The number of amides is 1. The Morgan fingerprint density at radius 2 is 1.91 bits per heavy atom. The standard InChI is InChI=1S/C24H21N5O2S/c1-31-20-10-8-19(9-11-20)29-23(18-6-4-13-25-15-18)26-27-24(29)32-16-22(30)28-14-12-17-5-2-3-7-21(17)28/h2-11,13,15H,12,14,16H2,1H3. The molecule has 1 aliphatic heterocycles. The SMILES string of the molecule is COc1ccc(-n2c(SCC(=O)N3CCc4ccccc43)nnc2-c2cccnc2)cc1. The fraction of sp³-hybridized carbons (Fsp3) is 0.167. The van der Waals surface area contributed by atoms with Gasteiger partial charge in [-0.2, -0.15) is 0 Å². The van der Waals surface area contributed by atoms with Gasteiger partial charge in [-0.15, -0.1) is 10.2 Å². The molecule has 0 radical (unpaired) electrons. The van der Waals surface area contributed by atoms with Crippen LogP contribution >= 0.6 is 11.8 Å². The number of rotatable bonds is 6. The Kier molecular flexibility index (Phi) is 5.60. The monoisotopic (exact) mass is 443 g/mol.